The van der Waals surface area contributed by atoms with E-state index in [2.05, 4.69) is 12.2 Å². The molecule has 0 saturated heterocycles. The van der Waals surface area contributed by atoms with E-state index in [4.69, 9.17) is 11.6 Å². The van der Waals surface area contributed by atoms with Gasteiger partial charge in [0.1, 0.15) is 0 Å². The third-order valence-electron chi connectivity index (χ3n) is 3.07. The van der Waals surface area contributed by atoms with E-state index >= 15 is 0 Å². The number of nitrogens with one attached hydrogen (secondary N) is 1. The molecule has 6 heteroatoms. The van der Waals surface area contributed by atoms with E-state index in [1.807, 2.05) is 18.2 Å². The van der Waals surface area contributed by atoms with Crippen LogP contribution in [0.4, 0.5) is 13.2 Å². The molecule has 1 aromatic rings. The van der Waals surface area contributed by atoms with Gasteiger partial charge in [-0.25, -0.2) is 0 Å². The third-order valence-corrected chi connectivity index (χ3v) is 4.07. The molecule has 1 rings (SSSR count). The van der Waals surface area contributed by atoms with Gasteiger partial charge in [0, 0.05) is 10.8 Å². The monoisotopic (exact) mass is 339 g/mol. The lowest BCUT2D eigenvalue weighted by atomic mass is 9.97. The standard InChI is InChI=1S/C15H21ClF3NS/c1-2-7-20-11-13(6-8-21-15(17,18)19)9-12-4-3-5-14(16)10-12/h3-5,10,13,20H,2,6-9,11H2,1H3. The van der Waals surface area contributed by atoms with Gasteiger partial charge in [0.2, 0.25) is 0 Å². The van der Waals surface area contributed by atoms with Crippen LogP contribution < -0.4 is 5.32 Å². The highest BCUT2D eigenvalue weighted by molar-refractivity contribution is 8.00. The lowest BCUT2D eigenvalue weighted by Gasteiger charge is -2.18. The summed E-state index contributed by atoms with van der Waals surface area (Å²) in [5, 5.41) is 3.96. The zero-order chi connectivity index (χ0) is 15.7. The number of hydrogen-bond donors (Lipinski definition) is 1. The van der Waals surface area contributed by atoms with E-state index in [0.717, 1.165) is 31.5 Å². The van der Waals surface area contributed by atoms with Crippen molar-refractivity contribution in [3.05, 3.63) is 34.9 Å². The van der Waals surface area contributed by atoms with E-state index in [1.54, 1.807) is 6.07 Å². The lowest BCUT2D eigenvalue weighted by molar-refractivity contribution is -0.0328. The molecule has 0 bridgehead atoms. The normalized spacial score (nSPS) is 13.4. The van der Waals surface area contributed by atoms with Gasteiger partial charge in [-0.05, 0) is 56.0 Å². The molecule has 0 spiro atoms. The summed E-state index contributed by atoms with van der Waals surface area (Å²) in [5.74, 6) is 0.285. The molecule has 1 unspecified atom stereocenters. The van der Waals surface area contributed by atoms with E-state index in [0.29, 0.717) is 11.4 Å². The maximum absolute atomic E-state index is 12.2. The Hall–Kier alpha value is -0.390. The first kappa shape index (κ1) is 18.7. The van der Waals surface area contributed by atoms with Crippen LogP contribution in [-0.2, 0) is 6.42 Å². The first-order valence-corrected chi connectivity index (χ1v) is 8.43. The Kier molecular flexibility index (Phi) is 8.52. The van der Waals surface area contributed by atoms with E-state index < -0.39 is 5.51 Å². The van der Waals surface area contributed by atoms with Crippen LogP contribution in [0.1, 0.15) is 25.3 Å². The van der Waals surface area contributed by atoms with Gasteiger partial charge in [0.25, 0.3) is 0 Å². The molecule has 0 aliphatic carbocycles. The Labute approximate surface area is 133 Å². The van der Waals surface area contributed by atoms with Crippen LogP contribution in [-0.4, -0.2) is 24.4 Å². The summed E-state index contributed by atoms with van der Waals surface area (Å²) in [4.78, 5) is 0. The molecular weight excluding hydrogens is 319 g/mol. The second kappa shape index (κ2) is 9.59. The fourth-order valence-corrected chi connectivity index (χ4v) is 2.99. The Bertz CT molecular complexity index is 412. The highest BCUT2D eigenvalue weighted by Gasteiger charge is 2.28. The summed E-state index contributed by atoms with van der Waals surface area (Å²) >= 11 is 6.01. The van der Waals surface area contributed by atoms with Crippen LogP contribution in [0, 0.1) is 5.92 Å². The Morgan fingerprint density at radius 1 is 1.33 bits per heavy atom. The molecule has 21 heavy (non-hydrogen) atoms. The van der Waals surface area contributed by atoms with Gasteiger partial charge >= 0.3 is 5.51 Å². The fourth-order valence-electron chi connectivity index (χ4n) is 2.10. The minimum absolute atomic E-state index is 0.0610. The highest BCUT2D eigenvalue weighted by Crippen LogP contribution is 2.31. The number of rotatable bonds is 9. The van der Waals surface area contributed by atoms with Crippen molar-refractivity contribution in [1.29, 1.82) is 0 Å². The third kappa shape index (κ3) is 9.27. The van der Waals surface area contributed by atoms with Crippen molar-refractivity contribution >= 4 is 23.4 Å². The van der Waals surface area contributed by atoms with Gasteiger partial charge in [-0.15, -0.1) is 0 Å². The predicted octanol–water partition coefficient (Wildman–Crippen LogP) is 5.14. The molecular formula is C15H21ClF3NS. The van der Waals surface area contributed by atoms with Gasteiger partial charge in [0.05, 0.1) is 0 Å². The van der Waals surface area contributed by atoms with Crippen molar-refractivity contribution in [1.82, 2.24) is 5.32 Å². The van der Waals surface area contributed by atoms with Crippen LogP contribution in [0.3, 0.4) is 0 Å². The van der Waals surface area contributed by atoms with Gasteiger partial charge in [-0.1, -0.05) is 42.4 Å². The summed E-state index contributed by atoms with van der Waals surface area (Å²) in [6.45, 7) is 3.69. The van der Waals surface area contributed by atoms with E-state index in [1.165, 1.54) is 0 Å². The minimum atomic E-state index is -4.14. The van der Waals surface area contributed by atoms with Crippen LogP contribution in [0.5, 0.6) is 0 Å². The molecule has 1 atom stereocenters. The van der Waals surface area contributed by atoms with Crippen LogP contribution in [0.2, 0.25) is 5.02 Å². The quantitative estimate of drug-likeness (QED) is 0.625. The van der Waals surface area contributed by atoms with Crippen molar-refractivity contribution in [3.8, 4) is 0 Å². The van der Waals surface area contributed by atoms with Gasteiger partial charge in [-0.2, -0.15) is 13.2 Å². The summed E-state index contributed by atoms with van der Waals surface area (Å²) < 4.78 is 36.7. The molecule has 0 radical (unpaired) electrons. The molecule has 1 aromatic carbocycles. The average molecular weight is 340 g/mol. The Morgan fingerprint density at radius 3 is 2.71 bits per heavy atom. The van der Waals surface area contributed by atoms with Crippen molar-refractivity contribution in [2.75, 3.05) is 18.8 Å². The van der Waals surface area contributed by atoms with Crippen molar-refractivity contribution in [2.45, 2.75) is 31.7 Å². The molecule has 0 aliphatic rings. The smallest absolute Gasteiger partial charge is 0.316 e. The average Bonchev–Trinajstić information content (AvgIpc) is 2.37. The minimum Gasteiger partial charge on any atom is -0.316 e. The molecule has 0 saturated carbocycles. The first-order valence-electron chi connectivity index (χ1n) is 7.06. The molecule has 0 aliphatic heterocycles. The first-order chi connectivity index (χ1) is 9.90. The second-order valence-corrected chi connectivity index (χ2v) is 6.58. The SMILES string of the molecule is CCCNCC(CCSC(F)(F)F)Cc1cccc(Cl)c1. The van der Waals surface area contributed by atoms with Crippen molar-refractivity contribution in [3.63, 3.8) is 0 Å². The molecule has 0 amide bonds. The maximum atomic E-state index is 12.2. The second-order valence-electron chi connectivity index (χ2n) is 4.99. The predicted molar refractivity (Wildman–Crippen MR) is 84.9 cm³/mol. The number of alkyl halides is 3. The van der Waals surface area contributed by atoms with Gasteiger partial charge < -0.3 is 5.32 Å². The molecule has 1 N–H and O–H groups in total. The largest absolute Gasteiger partial charge is 0.441 e. The van der Waals surface area contributed by atoms with Crippen LogP contribution in [0.15, 0.2) is 24.3 Å². The zero-order valence-corrected chi connectivity index (χ0v) is 13.6. The number of halogens is 4. The van der Waals surface area contributed by atoms with E-state index in [-0.39, 0.29) is 23.4 Å². The van der Waals surface area contributed by atoms with Crippen molar-refractivity contribution in [2.24, 2.45) is 5.92 Å². The van der Waals surface area contributed by atoms with Gasteiger partial charge in [-0.3, -0.25) is 0 Å². The summed E-state index contributed by atoms with van der Waals surface area (Å²) in [6, 6.07) is 7.52. The maximum Gasteiger partial charge on any atom is 0.441 e. The number of benzene rings is 1. The number of thioether (sulfide) groups is 1. The Morgan fingerprint density at radius 2 is 2.10 bits per heavy atom. The summed E-state index contributed by atoms with van der Waals surface area (Å²) in [6.07, 6.45) is 2.30. The van der Waals surface area contributed by atoms with Crippen molar-refractivity contribution < 1.29 is 13.2 Å². The highest BCUT2D eigenvalue weighted by atomic mass is 35.5. The number of hydrogen-bond acceptors (Lipinski definition) is 2. The van der Waals surface area contributed by atoms with E-state index in [9.17, 15) is 13.2 Å². The summed E-state index contributed by atoms with van der Waals surface area (Å²) in [7, 11) is 0. The van der Waals surface area contributed by atoms with Gasteiger partial charge in [0.15, 0.2) is 0 Å². The lowest BCUT2D eigenvalue weighted by Crippen LogP contribution is -2.25. The van der Waals surface area contributed by atoms with Crippen LogP contribution >= 0.6 is 23.4 Å². The molecule has 0 aromatic heterocycles. The molecule has 0 heterocycles. The molecule has 120 valence electrons. The fraction of sp³-hybridized carbons (Fsp3) is 0.600. The Balaban J connectivity index is 2.50. The zero-order valence-electron chi connectivity index (χ0n) is 12.0. The van der Waals surface area contributed by atoms with Crippen LogP contribution in [0.25, 0.3) is 0 Å². The summed E-state index contributed by atoms with van der Waals surface area (Å²) in [5.41, 5.74) is -3.07. The molecule has 0 fully saturated rings. The molecule has 1 nitrogen and oxygen atoms in total. The topological polar surface area (TPSA) is 12.0 Å².